The number of likely N-dealkylation sites (tertiary alicyclic amines) is 1. The minimum atomic E-state index is -0.473. The second kappa shape index (κ2) is 12.1. The maximum absolute atomic E-state index is 14.0. The first-order valence-electron chi connectivity index (χ1n) is 10.5. The predicted octanol–water partition coefficient (Wildman–Crippen LogP) is 1.96. The monoisotopic (exact) mass is 536 g/mol. The first-order valence-corrected chi connectivity index (χ1v) is 10.5. The molecule has 2 unspecified atom stereocenters. The number of halogens is 3. The van der Waals surface area contributed by atoms with E-state index in [1.54, 1.807) is 7.05 Å². The van der Waals surface area contributed by atoms with Crippen molar-refractivity contribution in [3.63, 3.8) is 0 Å². The van der Waals surface area contributed by atoms with Crippen LogP contribution in [0.1, 0.15) is 18.4 Å². The van der Waals surface area contributed by atoms with Crippen LogP contribution in [0.3, 0.4) is 0 Å². The summed E-state index contributed by atoms with van der Waals surface area (Å²) in [4.78, 5) is 11.2. The van der Waals surface area contributed by atoms with E-state index >= 15 is 0 Å². The van der Waals surface area contributed by atoms with Crippen molar-refractivity contribution in [2.24, 2.45) is 4.99 Å². The molecule has 6 nitrogen and oxygen atoms in total. The van der Waals surface area contributed by atoms with Crippen LogP contribution >= 0.6 is 24.0 Å². The van der Waals surface area contributed by atoms with Gasteiger partial charge >= 0.3 is 0 Å². The van der Waals surface area contributed by atoms with Gasteiger partial charge in [0.05, 0.1) is 0 Å². The number of guanidine groups is 1. The summed E-state index contributed by atoms with van der Waals surface area (Å²) >= 11 is 0. The molecule has 2 atom stereocenters. The fourth-order valence-electron chi connectivity index (χ4n) is 4.15. The molecule has 0 aromatic heterocycles. The molecule has 1 aromatic carbocycles. The lowest BCUT2D eigenvalue weighted by molar-refractivity contribution is 0.116. The second-order valence-corrected chi connectivity index (χ2v) is 8.27. The van der Waals surface area contributed by atoms with Gasteiger partial charge in [-0.3, -0.25) is 14.8 Å². The number of likely N-dealkylation sites (N-methyl/N-ethyl adjacent to an activating group) is 2. The molecule has 0 spiro atoms. The summed E-state index contributed by atoms with van der Waals surface area (Å²) < 4.78 is 28.0. The van der Waals surface area contributed by atoms with Gasteiger partial charge in [0.25, 0.3) is 0 Å². The number of aliphatic imine (C=N–C) groups is 1. The third-order valence-corrected chi connectivity index (χ3v) is 6.00. The summed E-state index contributed by atoms with van der Waals surface area (Å²) in [5, 5.41) is 6.95. The van der Waals surface area contributed by atoms with Gasteiger partial charge in [0.15, 0.2) is 5.96 Å². The fourth-order valence-corrected chi connectivity index (χ4v) is 4.15. The number of nitrogens with one attached hydrogen (secondary N) is 2. The van der Waals surface area contributed by atoms with E-state index in [1.807, 2.05) is 0 Å². The molecule has 2 aliphatic heterocycles. The molecule has 0 aliphatic carbocycles. The number of rotatable bonds is 5. The molecule has 3 rings (SSSR count). The molecular formula is C21H35F2IN6. The first kappa shape index (κ1) is 25.2. The lowest BCUT2D eigenvalue weighted by Crippen LogP contribution is -2.57. The maximum atomic E-state index is 14.0. The van der Waals surface area contributed by atoms with Gasteiger partial charge in [-0.05, 0) is 45.6 Å². The van der Waals surface area contributed by atoms with Crippen molar-refractivity contribution >= 4 is 29.9 Å². The van der Waals surface area contributed by atoms with E-state index in [9.17, 15) is 8.78 Å². The van der Waals surface area contributed by atoms with Crippen molar-refractivity contribution in [2.45, 2.75) is 31.5 Å². The first-order chi connectivity index (χ1) is 14.0. The molecule has 2 fully saturated rings. The number of benzene rings is 1. The van der Waals surface area contributed by atoms with E-state index in [-0.39, 0.29) is 35.6 Å². The standard InChI is InChI=1S/C21H34F2N6.HI/c1-24-21(25-12-17-14-27(2)10-11-28(17)3)26-16-6-5-9-29(13-16)15-18-19(22)7-4-8-20(18)23;/h4,7-8,16-17H,5-6,9-15H2,1-3H3,(H2,24,25,26);1H. The molecule has 30 heavy (non-hydrogen) atoms. The number of hydrogen-bond donors (Lipinski definition) is 2. The third kappa shape index (κ3) is 7.00. The van der Waals surface area contributed by atoms with Crippen molar-refractivity contribution in [1.82, 2.24) is 25.3 Å². The molecule has 2 saturated heterocycles. The molecule has 2 aliphatic rings. The van der Waals surface area contributed by atoms with E-state index in [0.717, 1.165) is 58.1 Å². The Balaban J connectivity index is 0.00000320. The van der Waals surface area contributed by atoms with Crippen LogP contribution in [0.25, 0.3) is 0 Å². The maximum Gasteiger partial charge on any atom is 0.191 e. The second-order valence-electron chi connectivity index (χ2n) is 8.27. The zero-order valence-corrected chi connectivity index (χ0v) is 20.5. The molecular weight excluding hydrogens is 501 g/mol. The van der Waals surface area contributed by atoms with Gasteiger partial charge in [-0.1, -0.05) is 6.07 Å². The normalized spacial score (nSPS) is 24.4. The largest absolute Gasteiger partial charge is 0.355 e. The molecule has 170 valence electrons. The Morgan fingerprint density at radius 3 is 2.57 bits per heavy atom. The van der Waals surface area contributed by atoms with E-state index < -0.39 is 11.6 Å². The lowest BCUT2D eigenvalue weighted by atomic mass is 10.0. The molecule has 0 saturated carbocycles. The van der Waals surface area contributed by atoms with E-state index in [0.29, 0.717) is 12.6 Å². The average Bonchev–Trinajstić information content (AvgIpc) is 2.70. The van der Waals surface area contributed by atoms with Crippen LogP contribution in [0.2, 0.25) is 0 Å². The van der Waals surface area contributed by atoms with Gasteiger partial charge in [-0.25, -0.2) is 8.78 Å². The minimum absolute atomic E-state index is 0. The number of nitrogens with zero attached hydrogens (tertiary/aromatic N) is 4. The Morgan fingerprint density at radius 1 is 1.13 bits per heavy atom. The highest BCUT2D eigenvalue weighted by molar-refractivity contribution is 14.0. The van der Waals surface area contributed by atoms with Crippen molar-refractivity contribution < 1.29 is 8.78 Å². The summed E-state index contributed by atoms with van der Waals surface area (Å²) in [6.45, 7) is 5.91. The summed E-state index contributed by atoms with van der Waals surface area (Å²) in [5.74, 6) is -0.159. The zero-order chi connectivity index (χ0) is 20.8. The summed E-state index contributed by atoms with van der Waals surface area (Å²) in [5.41, 5.74) is 0.153. The van der Waals surface area contributed by atoms with Crippen molar-refractivity contribution in [1.29, 1.82) is 0 Å². The van der Waals surface area contributed by atoms with Crippen LogP contribution in [-0.4, -0.2) is 93.2 Å². The van der Waals surface area contributed by atoms with E-state index in [1.165, 1.54) is 18.2 Å². The average molecular weight is 536 g/mol. The topological polar surface area (TPSA) is 46.1 Å². The SMILES string of the molecule is CN=C(NCC1CN(C)CCN1C)NC1CCCN(Cc2c(F)cccc2F)C1.I. The Kier molecular flexibility index (Phi) is 10.2. The van der Waals surface area contributed by atoms with Crippen LogP contribution < -0.4 is 10.6 Å². The molecule has 0 radical (unpaired) electrons. The third-order valence-electron chi connectivity index (χ3n) is 6.00. The smallest absolute Gasteiger partial charge is 0.191 e. The van der Waals surface area contributed by atoms with Crippen molar-refractivity contribution in [2.75, 3.05) is 60.4 Å². The van der Waals surface area contributed by atoms with Crippen molar-refractivity contribution in [3.05, 3.63) is 35.4 Å². The van der Waals surface area contributed by atoms with Crippen LogP contribution in [0.4, 0.5) is 8.78 Å². The van der Waals surface area contributed by atoms with Gasteiger partial charge < -0.3 is 15.5 Å². The van der Waals surface area contributed by atoms with Crippen LogP contribution in [-0.2, 0) is 6.54 Å². The van der Waals surface area contributed by atoms with Gasteiger partial charge in [-0.15, -0.1) is 24.0 Å². The number of piperazine rings is 1. The molecule has 1 aromatic rings. The highest BCUT2D eigenvalue weighted by atomic mass is 127. The highest BCUT2D eigenvalue weighted by Crippen LogP contribution is 2.18. The quantitative estimate of drug-likeness (QED) is 0.343. The Hall–Kier alpha value is -1.04. The van der Waals surface area contributed by atoms with E-state index in [2.05, 4.69) is 44.4 Å². The minimum Gasteiger partial charge on any atom is -0.355 e. The summed E-state index contributed by atoms with van der Waals surface area (Å²) in [6, 6.07) is 4.70. The Bertz CT molecular complexity index is 684. The lowest BCUT2D eigenvalue weighted by Gasteiger charge is -2.38. The Labute approximate surface area is 196 Å². The van der Waals surface area contributed by atoms with Gasteiger partial charge in [0, 0.05) is 64.0 Å². The summed E-state index contributed by atoms with van der Waals surface area (Å²) in [7, 11) is 6.10. The molecule has 0 amide bonds. The van der Waals surface area contributed by atoms with Gasteiger partial charge in [0.2, 0.25) is 0 Å². The Morgan fingerprint density at radius 2 is 1.87 bits per heavy atom. The van der Waals surface area contributed by atoms with Crippen LogP contribution in [0.5, 0.6) is 0 Å². The van der Waals surface area contributed by atoms with E-state index in [4.69, 9.17) is 0 Å². The fraction of sp³-hybridized carbons (Fsp3) is 0.667. The number of piperidine rings is 1. The van der Waals surface area contributed by atoms with Crippen molar-refractivity contribution in [3.8, 4) is 0 Å². The van der Waals surface area contributed by atoms with Crippen LogP contribution in [0.15, 0.2) is 23.2 Å². The zero-order valence-electron chi connectivity index (χ0n) is 18.2. The highest BCUT2D eigenvalue weighted by Gasteiger charge is 2.24. The molecule has 2 N–H and O–H groups in total. The predicted molar refractivity (Wildman–Crippen MR) is 128 cm³/mol. The van der Waals surface area contributed by atoms with Crippen LogP contribution in [0, 0.1) is 11.6 Å². The number of hydrogen-bond acceptors (Lipinski definition) is 4. The molecule has 0 bridgehead atoms. The molecule has 2 heterocycles. The summed E-state index contributed by atoms with van der Waals surface area (Å²) in [6.07, 6.45) is 2.00. The molecule has 9 heteroatoms. The van der Waals surface area contributed by atoms with Gasteiger partial charge in [0.1, 0.15) is 11.6 Å². The van der Waals surface area contributed by atoms with Gasteiger partial charge in [-0.2, -0.15) is 0 Å².